The number of H-pyrrole nitrogens is 1. The highest BCUT2D eigenvalue weighted by Crippen LogP contribution is 2.27. The van der Waals surface area contributed by atoms with Crippen molar-refractivity contribution in [2.24, 2.45) is 0 Å². The molecule has 3 N–H and O–H groups in total. The number of aromatic nitrogens is 1. The first-order valence-electron chi connectivity index (χ1n) is 8.72. The topological polar surface area (TPSA) is 88.7 Å². The number of nitrogens with zero attached hydrogens (tertiary/aromatic N) is 2. The molecule has 2 aliphatic heterocycles. The monoisotopic (exact) mass is 342 g/mol. The number of carboxylic acid groups (broad SMARTS) is 1. The minimum absolute atomic E-state index is 0.0308. The highest BCUT2D eigenvalue weighted by molar-refractivity contribution is 5.92. The lowest BCUT2D eigenvalue weighted by atomic mass is 10.1. The first-order chi connectivity index (χ1) is 12.1. The number of carbonyl (C=O) groups is 2. The van der Waals surface area contributed by atoms with Crippen LogP contribution in [0.2, 0.25) is 0 Å². The van der Waals surface area contributed by atoms with Crippen LogP contribution < -0.4 is 10.2 Å². The maximum Gasteiger partial charge on any atom is 0.320 e. The molecule has 0 aliphatic carbocycles. The Balaban J connectivity index is 1.39. The van der Waals surface area contributed by atoms with Crippen molar-refractivity contribution < 1.29 is 14.7 Å². The largest absolute Gasteiger partial charge is 0.480 e. The third-order valence-electron chi connectivity index (χ3n) is 5.25. The van der Waals surface area contributed by atoms with Gasteiger partial charge in [0.1, 0.15) is 6.04 Å². The molecule has 4 rings (SSSR count). The number of rotatable bonds is 3. The van der Waals surface area contributed by atoms with Gasteiger partial charge in [-0.05, 0) is 31.0 Å². The Morgan fingerprint density at radius 2 is 1.80 bits per heavy atom. The van der Waals surface area contributed by atoms with Gasteiger partial charge in [0.15, 0.2) is 0 Å². The van der Waals surface area contributed by atoms with Crippen molar-refractivity contribution in [3.8, 4) is 0 Å². The Bertz CT molecular complexity index is 794. The second kappa shape index (κ2) is 6.40. The minimum atomic E-state index is -0.875. The van der Waals surface area contributed by atoms with E-state index in [-0.39, 0.29) is 11.9 Å². The predicted octanol–water partition coefficient (Wildman–Crippen LogP) is 1.02. The summed E-state index contributed by atoms with van der Waals surface area (Å²) in [5, 5.41) is 13.2. The maximum atomic E-state index is 12.6. The quantitative estimate of drug-likeness (QED) is 0.775. The molecule has 1 aromatic heterocycles. The van der Waals surface area contributed by atoms with Crippen LogP contribution in [0.15, 0.2) is 30.5 Å². The maximum absolute atomic E-state index is 12.6. The predicted molar refractivity (Wildman–Crippen MR) is 94.7 cm³/mol. The van der Waals surface area contributed by atoms with Gasteiger partial charge in [-0.1, -0.05) is 6.07 Å². The molecular weight excluding hydrogens is 320 g/mol. The van der Waals surface area contributed by atoms with E-state index in [9.17, 15) is 9.59 Å². The van der Waals surface area contributed by atoms with E-state index >= 15 is 0 Å². The van der Waals surface area contributed by atoms with Crippen LogP contribution in [0.1, 0.15) is 12.8 Å². The molecule has 1 aromatic carbocycles. The van der Waals surface area contributed by atoms with Crippen molar-refractivity contribution in [3.05, 3.63) is 30.5 Å². The molecule has 7 heteroatoms. The molecule has 0 radical (unpaired) electrons. The average molecular weight is 342 g/mol. The Kier molecular flexibility index (Phi) is 4.09. The minimum Gasteiger partial charge on any atom is -0.480 e. The van der Waals surface area contributed by atoms with Crippen LogP contribution in [-0.4, -0.2) is 65.1 Å². The number of aromatic amines is 1. The standard InChI is InChI=1S/C18H22N4O3/c23-17(14-4-5-15(20-14)18(24)25)22-10-8-21(9-11-22)16-3-1-2-13-12(16)6-7-19-13/h1-3,6-7,14-15,19-20H,4-5,8-11H2,(H,24,25)/t14-,15+/m1/s1. The van der Waals surface area contributed by atoms with Crippen LogP contribution in [0.25, 0.3) is 10.9 Å². The molecule has 0 unspecified atom stereocenters. The van der Waals surface area contributed by atoms with Crippen LogP contribution >= 0.6 is 0 Å². The summed E-state index contributed by atoms with van der Waals surface area (Å²) in [6.07, 6.45) is 3.05. The Morgan fingerprint density at radius 1 is 1.04 bits per heavy atom. The zero-order valence-electron chi connectivity index (χ0n) is 13.9. The van der Waals surface area contributed by atoms with Crippen molar-refractivity contribution in [2.75, 3.05) is 31.1 Å². The first kappa shape index (κ1) is 16.0. The molecule has 2 atom stereocenters. The lowest BCUT2D eigenvalue weighted by Gasteiger charge is -2.37. The van der Waals surface area contributed by atoms with E-state index in [1.807, 2.05) is 17.2 Å². The summed E-state index contributed by atoms with van der Waals surface area (Å²) in [6, 6.07) is 7.34. The summed E-state index contributed by atoms with van der Waals surface area (Å²) in [4.78, 5) is 31.1. The average Bonchev–Trinajstić information content (AvgIpc) is 3.30. The summed E-state index contributed by atoms with van der Waals surface area (Å²) in [5.41, 5.74) is 2.31. The van der Waals surface area contributed by atoms with Crippen molar-refractivity contribution in [3.63, 3.8) is 0 Å². The summed E-state index contributed by atoms with van der Waals surface area (Å²) in [5.74, 6) is -0.844. The van der Waals surface area contributed by atoms with Gasteiger partial charge in [0.05, 0.1) is 6.04 Å². The van der Waals surface area contributed by atoms with Gasteiger partial charge in [-0.25, -0.2) is 0 Å². The van der Waals surface area contributed by atoms with Crippen molar-refractivity contribution in [2.45, 2.75) is 24.9 Å². The first-order valence-corrected chi connectivity index (χ1v) is 8.72. The van der Waals surface area contributed by atoms with Crippen molar-refractivity contribution >= 4 is 28.5 Å². The molecular formula is C18H22N4O3. The molecule has 0 bridgehead atoms. The van der Waals surface area contributed by atoms with Gasteiger partial charge in [-0.15, -0.1) is 0 Å². The number of hydrogen-bond donors (Lipinski definition) is 3. The van der Waals surface area contributed by atoms with E-state index < -0.39 is 12.0 Å². The van der Waals surface area contributed by atoms with Gasteiger partial charge < -0.3 is 19.9 Å². The number of carboxylic acids is 1. The summed E-state index contributed by atoms with van der Waals surface area (Å²) < 4.78 is 0. The highest BCUT2D eigenvalue weighted by Gasteiger charge is 2.36. The van der Waals surface area contributed by atoms with E-state index in [1.165, 1.54) is 11.1 Å². The third kappa shape index (κ3) is 2.95. The zero-order valence-corrected chi connectivity index (χ0v) is 13.9. The van der Waals surface area contributed by atoms with Gasteiger partial charge in [0.25, 0.3) is 0 Å². The lowest BCUT2D eigenvalue weighted by Crippen LogP contribution is -2.54. The van der Waals surface area contributed by atoms with E-state index in [2.05, 4.69) is 33.4 Å². The molecule has 1 amide bonds. The normalized spacial score (nSPS) is 24.0. The SMILES string of the molecule is O=C(O)[C@@H]1CC[C@H](C(=O)N2CCN(c3cccc4[nH]ccc34)CC2)N1. The summed E-state index contributed by atoms with van der Waals surface area (Å²) in [6.45, 7) is 2.89. The number of piperazine rings is 1. The fraction of sp³-hybridized carbons (Fsp3) is 0.444. The number of aliphatic carboxylic acids is 1. The van der Waals surface area contributed by atoms with E-state index in [0.29, 0.717) is 25.9 Å². The molecule has 2 fully saturated rings. The molecule has 3 heterocycles. The second-order valence-corrected chi connectivity index (χ2v) is 6.72. The number of hydrogen-bond acceptors (Lipinski definition) is 4. The Labute approximate surface area is 145 Å². The van der Waals surface area contributed by atoms with Crippen LogP contribution in [0.5, 0.6) is 0 Å². The van der Waals surface area contributed by atoms with Crippen molar-refractivity contribution in [1.29, 1.82) is 0 Å². The van der Waals surface area contributed by atoms with Crippen LogP contribution in [0.4, 0.5) is 5.69 Å². The summed E-state index contributed by atoms with van der Waals surface area (Å²) in [7, 11) is 0. The Hall–Kier alpha value is -2.54. The molecule has 0 spiro atoms. The summed E-state index contributed by atoms with van der Waals surface area (Å²) >= 11 is 0. The lowest BCUT2D eigenvalue weighted by molar-refractivity contribution is -0.139. The molecule has 25 heavy (non-hydrogen) atoms. The molecule has 2 aliphatic rings. The number of anilines is 1. The number of carbonyl (C=O) groups excluding carboxylic acids is 1. The molecule has 132 valence electrons. The van der Waals surface area contributed by atoms with Gasteiger partial charge in [0, 0.05) is 49.0 Å². The van der Waals surface area contributed by atoms with Gasteiger partial charge in [-0.2, -0.15) is 0 Å². The smallest absolute Gasteiger partial charge is 0.320 e. The van der Waals surface area contributed by atoms with Crippen LogP contribution in [-0.2, 0) is 9.59 Å². The number of benzene rings is 1. The third-order valence-corrected chi connectivity index (χ3v) is 5.25. The fourth-order valence-corrected chi connectivity index (χ4v) is 3.87. The number of amides is 1. The fourth-order valence-electron chi connectivity index (χ4n) is 3.87. The van der Waals surface area contributed by atoms with Crippen LogP contribution in [0.3, 0.4) is 0 Å². The number of nitrogens with one attached hydrogen (secondary N) is 2. The van der Waals surface area contributed by atoms with Gasteiger partial charge >= 0.3 is 5.97 Å². The molecule has 7 nitrogen and oxygen atoms in total. The molecule has 2 saturated heterocycles. The van der Waals surface area contributed by atoms with Crippen molar-refractivity contribution in [1.82, 2.24) is 15.2 Å². The van der Waals surface area contributed by atoms with Gasteiger partial charge in [-0.3, -0.25) is 14.9 Å². The zero-order chi connectivity index (χ0) is 17.4. The van der Waals surface area contributed by atoms with Crippen LogP contribution in [0, 0.1) is 0 Å². The highest BCUT2D eigenvalue weighted by atomic mass is 16.4. The second-order valence-electron chi connectivity index (χ2n) is 6.72. The van der Waals surface area contributed by atoms with E-state index in [4.69, 9.17) is 5.11 Å². The Morgan fingerprint density at radius 3 is 2.52 bits per heavy atom. The molecule has 0 saturated carbocycles. The van der Waals surface area contributed by atoms with E-state index in [1.54, 1.807) is 0 Å². The number of fused-ring (bicyclic) bond motifs is 1. The van der Waals surface area contributed by atoms with E-state index in [0.717, 1.165) is 18.6 Å². The molecule has 2 aromatic rings. The van der Waals surface area contributed by atoms with Gasteiger partial charge in [0.2, 0.25) is 5.91 Å².